The molecule has 15 nitrogen and oxygen atoms in total. The molecule has 2 aliphatic rings. The lowest BCUT2D eigenvalue weighted by molar-refractivity contribution is -0.332. The van der Waals surface area contributed by atoms with E-state index in [1.807, 2.05) is 54.7 Å². The average Bonchev–Trinajstić information content (AvgIpc) is 3.21. The summed E-state index contributed by atoms with van der Waals surface area (Å²) in [6.07, 6.45) is 16.8. The van der Waals surface area contributed by atoms with Gasteiger partial charge in [0.15, 0.2) is 18.7 Å². The molecule has 0 amide bonds. The normalized spacial score (nSPS) is 29.0. The van der Waals surface area contributed by atoms with E-state index in [0.717, 1.165) is 32.1 Å². The van der Waals surface area contributed by atoms with E-state index in [0.29, 0.717) is 19.3 Å². The van der Waals surface area contributed by atoms with Gasteiger partial charge in [-0.15, -0.1) is 0 Å². The smallest absolute Gasteiger partial charge is 0.306 e. The third-order valence-electron chi connectivity index (χ3n) is 9.00. The van der Waals surface area contributed by atoms with Crippen molar-refractivity contribution in [3.8, 4) is 0 Å². The Bertz CT molecular complexity index is 1340. The summed E-state index contributed by atoms with van der Waals surface area (Å²) in [5.41, 5.74) is 0. The Morgan fingerprint density at radius 1 is 0.569 bits per heavy atom. The fourth-order valence-corrected chi connectivity index (χ4v) is 5.63. The van der Waals surface area contributed by atoms with Crippen LogP contribution in [0.15, 0.2) is 85.1 Å². The first-order chi connectivity index (χ1) is 28.0. The summed E-state index contributed by atoms with van der Waals surface area (Å²) in [5, 5.41) is 71.6. The van der Waals surface area contributed by atoms with Crippen LogP contribution in [0.3, 0.4) is 0 Å². The van der Waals surface area contributed by atoms with Crippen molar-refractivity contribution < 1.29 is 73.8 Å². The lowest BCUT2D eigenvalue weighted by atomic mass is 9.98. The molecule has 2 rings (SSSR count). The number of carbonyl (C=O) groups excluding carboxylic acids is 2. The monoisotopic (exact) mass is 822 g/mol. The van der Waals surface area contributed by atoms with Gasteiger partial charge in [-0.3, -0.25) is 9.59 Å². The first-order valence-corrected chi connectivity index (χ1v) is 20.2. The molecule has 0 bridgehead atoms. The second-order valence-corrected chi connectivity index (χ2v) is 13.8. The van der Waals surface area contributed by atoms with E-state index in [-0.39, 0.29) is 19.4 Å². The van der Waals surface area contributed by atoms with Crippen molar-refractivity contribution >= 4 is 11.9 Å². The molecule has 58 heavy (non-hydrogen) atoms. The molecule has 7 N–H and O–H groups in total. The summed E-state index contributed by atoms with van der Waals surface area (Å²) in [7, 11) is 0. The van der Waals surface area contributed by atoms with Crippen LogP contribution in [-0.4, -0.2) is 142 Å². The molecule has 5 unspecified atom stereocenters. The predicted molar refractivity (Wildman–Crippen MR) is 215 cm³/mol. The molecule has 0 aromatic heterocycles. The van der Waals surface area contributed by atoms with Crippen LogP contribution >= 0.6 is 0 Å². The maximum Gasteiger partial charge on any atom is 0.306 e. The number of unbranched alkanes of at least 4 members (excludes halogenated alkanes) is 3. The first kappa shape index (κ1) is 50.8. The number of aliphatic hydroxyl groups is 7. The number of hydrogen-bond acceptors (Lipinski definition) is 15. The first-order valence-electron chi connectivity index (χ1n) is 20.2. The Labute approximate surface area is 342 Å². The van der Waals surface area contributed by atoms with Crippen molar-refractivity contribution in [3.63, 3.8) is 0 Å². The van der Waals surface area contributed by atoms with Gasteiger partial charge < -0.3 is 64.2 Å². The lowest BCUT2D eigenvalue weighted by Gasteiger charge is -2.42. The van der Waals surface area contributed by atoms with Gasteiger partial charge >= 0.3 is 11.9 Å². The molecule has 328 valence electrons. The maximum atomic E-state index is 12.8. The molecule has 2 fully saturated rings. The van der Waals surface area contributed by atoms with Gasteiger partial charge in [0.2, 0.25) is 0 Å². The molecule has 2 heterocycles. The number of allylic oxidation sites excluding steroid dienone is 14. The van der Waals surface area contributed by atoms with Crippen molar-refractivity contribution in [3.05, 3.63) is 85.1 Å². The van der Waals surface area contributed by atoms with Crippen molar-refractivity contribution in [1.82, 2.24) is 0 Å². The van der Waals surface area contributed by atoms with E-state index in [2.05, 4.69) is 44.2 Å². The van der Waals surface area contributed by atoms with Gasteiger partial charge in [0, 0.05) is 12.8 Å². The molecule has 0 aliphatic carbocycles. The Morgan fingerprint density at radius 3 is 1.78 bits per heavy atom. The number of rotatable bonds is 27. The Kier molecular flexibility index (Phi) is 26.9. The van der Waals surface area contributed by atoms with Crippen LogP contribution in [0, 0.1) is 0 Å². The van der Waals surface area contributed by atoms with Crippen LogP contribution in [0.4, 0.5) is 0 Å². The third-order valence-corrected chi connectivity index (χ3v) is 9.00. The van der Waals surface area contributed by atoms with E-state index in [9.17, 15) is 45.3 Å². The maximum absolute atomic E-state index is 12.8. The van der Waals surface area contributed by atoms with Crippen molar-refractivity contribution in [2.75, 3.05) is 26.4 Å². The number of ether oxygens (including phenoxy) is 6. The van der Waals surface area contributed by atoms with E-state index in [4.69, 9.17) is 28.4 Å². The van der Waals surface area contributed by atoms with Crippen molar-refractivity contribution in [2.45, 2.75) is 146 Å². The van der Waals surface area contributed by atoms with E-state index in [1.54, 1.807) is 0 Å². The zero-order chi connectivity index (χ0) is 42.5. The van der Waals surface area contributed by atoms with Gasteiger partial charge in [0.1, 0.15) is 55.4 Å². The van der Waals surface area contributed by atoms with Gasteiger partial charge in [-0.25, -0.2) is 0 Å². The molecule has 15 heteroatoms. The van der Waals surface area contributed by atoms with Gasteiger partial charge in [0.25, 0.3) is 0 Å². The molecule has 11 atom stereocenters. The molecular weight excluding hydrogens is 756 g/mol. The number of aliphatic hydroxyl groups excluding tert-OH is 7. The highest BCUT2D eigenvalue weighted by Crippen LogP contribution is 2.26. The number of esters is 2. The molecule has 0 spiro atoms. The van der Waals surface area contributed by atoms with Gasteiger partial charge in [-0.2, -0.15) is 0 Å². The van der Waals surface area contributed by atoms with Crippen LogP contribution in [0.1, 0.15) is 78.1 Å². The number of hydrogen-bond donors (Lipinski definition) is 7. The second-order valence-electron chi connectivity index (χ2n) is 13.8. The molecule has 2 aliphatic heterocycles. The van der Waals surface area contributed by atoms with Crippen LogP contribution in [0.2, 0.25) is 0 Å². The van der Waals surface area contributed by atoms with Crippen LogP contribution in [-0.2, 0) is 38.0 Å². The molecule has 0 radical (unpaired) electrons. The van der Waals surface area contributed by atoms with E-state index >= 15 is 0 Å². The van der Waals surface area contributed by atoms with Gasteiger partial charge in [0.05, 0.1) is 19.8 Å². The highest BCUT2D eigenvalue weighted by molar-refractivity contribution is 5.70. The highest BCUT2D eigenvalue weighted by Gasteiger charge is 2.47. The van der Waals surface area contributed by atoms with Gasteiger partial charge in [-0.1, -0.05) is 98.9 Å². The highest BCUT2D eigenvalue weighted by atomic mass is 16.7. The predicted octanol–water partition coefficient (Wildman–Crippen LogP) is 2.92. The standard InChI is InChI=1S/C43H66O15/c1-3-5-7-9-11-13-14-15-16-18-20-22-24-26-35(46)56-31(28-53-34(45)25-23-21-19-17-12-10-8-6-4-2)29-54-42-41(52)39(50)37(48)33(58-42)30-55-43-40(51)38(49)36(47)32(27-44)57-43/h5-9,11-18,20,31-33,36-44,47-52H,3-4,10,19,21-30H2,1-2H3/b7-5+,8-6+,11-9+,14-13+,16-15+,17-12+,20-18+/t31?,32-,33-,36+,37+,38?,39?,40?,41?,42-,43-/m1/s1. The Hall–Kier alpha value is -3.32. The molecule has 0 aromatic carbocycles. The minimum atomic E-state index is -1.78. The van der Waals surface area contributed by atoms with Crippen LogP contribution in [0.5, 0.6) is 0 Å². The Balaban J connectivity index is 1.95. The average molecular weight is 823 g/mol. The summed E-state index contributed by atoms with van der Waals surface area (Å²) in [6, 6.07) is 0. The second kappa shape index (κ2) is 30.7. The molecule has 0 aromatic rings. The van der Waals surface area contributed by atoms with E-state index < -0.39 is 99.3 Å². The van der Waals surface area contributed by atoms with Gasteiger partial charge in [-0.05, 0) is 51.4 Å². The third kappa shape index (κ3) is 20.1. The minimum Gasteiger partial charge on any atom is -0.462 e. The van der Waals surface area contributed by atoms with E-state index in [1.165, 1.54) is 0 Å². The quantitative estimate of drug-likeness (QED) is 0.0273. The number of carbonyl (C=O) groups is 2. The largest absolute Gasteiger partial charge is 0.462 e. The van der Waals surface area contributed by atoms with Crippen molar-refractivity contribution in [2.24, 2.45) is 0 Å². The summed E-state index contributed by atoms with van der Waals surface area (Å²) in [5.74, 6) is -1.07. The summed E-state index contributed by atoms with van der Waals surface area (Å²) in [6.45, 7) is 2.13. The molecule has 0 saturated carbocycles. The lowest BCUT2D eigenvalue weighted by Crippen LogP contribution is -2.61. The van der Waals surface area contributed by atoms with Crippen LogP contribution in [0.25, 0.3) is 0 Å². The fourth-order valence-electron chi connectivity index (χ4n) is 5.63. The zero-order valence-electron chi connectivity index (χ0n) is 33.7. The molecular formula is C43H66O15. The molecule has 2 saturated heterocycles. The van der Waals surface area contributed by atoms with Crippen molar-refractivity contribution in [1.29, 1.82) is 0 Å². The van der Waals surface area contributed by atoms with Crippen LogP contribution < -0.4 is 0 Å². The summed E-state index contributed by atoms with van der Waals surface area (Å²) < 4.78 is 33.1. The summed E-state index contributed by atoms with van der Waals surface area (Å²) >= 11 is 0. The fraction of sp³-hybridized carbons (Fsp3) is 0.628. The zero-order valence-corrected chi connectivity index (χ0v) is 33.7. The Morgan fingerprint density at radius 2 is 1.12 bits per heavy atom. The minimum absolute atomic E-state index is 0.0566. The topological polar surface area (TPSA) is 231 Å². The SMILES string of the molecule is CC/C=C/C=C/C=C/C=C/C=C/CCCC(=O)OC(COC(=O)CCCC/C=C/C/C=C/CC)CO[C@@H]1O[C@H](CO[C@@H]2O[C@H](CO)[C@H](O)C(O)C2O)[C@H](O)C(O)C1O. The summed E-state index contributed by atoms with van der Waals surface area (Å²) in [4.78, 5) is 25.4.